The maximum absolute atomic E-state index is 11.2. The highest BCUT2D eigenvalue weighted by atomic mass is 35.5. The third kappa shape index (κ3) is 2.38. The van der Waals surface area contributed by atoms with Crippen molar-refractivity contribution in [2.75, 3.05) is 0 Å². The van der Waals surface area contributed by atoms with Gasteiger partial charge in [0.1, 0.15) is 0 Å². The second kappa shape index (κ2) is 4.48. The summed E-state index contributed by atoms with van der Waals surface area (Å²) in [7, 11) is 0. The Morgan fingerprint density at radius 3 is 2.07 bits per heavy atom. The highest BCUT2D eigenvalue weighted by Gasteiger charge is 2.18. The van der Waals surface area contributed by atoms with E-state index < -0.39 is 11.9 Å². The van der Waals surface area contributed by atoms with Gasteiger partial charge in [-0.2, -0.15) is 0 Å². The third-order valence-electron chi connectivity index (χ3n) is 1.67. The molecule has 0 aliphatic rings. The van der Waals surface area contributed by atoms with Gasteiger partial charge in [-0.1, -0.05) is 23.2 Å². The number of halogens is 2. The van der Waals surface area contributed by atoms with Crippen LogP contribution >= 0.6 is 23.2 Å². The van der Waals surface area contributed by atoms with E-state index in [0.717, 1.165) is 12.1 Å². The van der Waals surface area contributed by atoms with Crippen molar-refractivity contribution >= 4 is 35.1 Å². The molecule has 7 heteroatoms. The van der Waals surface area contributed by atoms with E-state index in [1.807, 2.05) is 5.43 Å². The summed E-state index contributed by atoms with van der Waals surface area (Å²) in [4.78, 5) is 22.0. The van der Waals surface area contributed by atoms with Crippen LogP contribution in [0.5, 0.6) is 0 Å². The molecule has 0 saturated heterocycles. The molecule has 0 heterocycles. The summed E-state index contributed by atoms with van der Waals surface area (Å²) in [5, 5.41) is 8.94. The Bertz CT molecular complexity index is 434. The van der Waals surface area contributed by atoms with Crippen molar-refractivity contribution in [3.8, 4) is 0 Å². The van der Waals surface area contributed by atoms with Gasteiger partial charge in [-0.05, 0) is 12.1 Å². The van der Waals surface area contributed by atoms with E-state index in [1.165, 1.54) is 0 Å². The molecule has 0 unspecified atom stereocenters. The van der Waals surface area contributed by atoms with Crippen molar-refractivity contribution in [3.63, 3.8) is 0 Å². The third-order valence-corrected chi connectivity index (χ3v) is 2.39. The van der Waals surface area contributed by atoms with Crippen LogP contribution in [0.3, 0.4) is 0 Å². The lowest BCUT2D eigenvalue weighted by molar-refractivity contribution is 0.0691. The number of hydrazine groups is 1. The van der Waals surface area contributed by atoms with E-state index in [1.54, 1.807) is 0 Å². The Hall–Kier alpha value is -1.30. The van der Waals surface area contributed by atoms with Crippen LogP contribution in [0.2, 0.25) is 10.0 Å². The molecule has 0 radical (unpaired) electrons. The number of hydrogen-bond acceptors (Lipinski definition) is 3. The minimum atomic E-state index is -1.29. The Morgan fingerprint density at radius 1 is 1.20 bits per heavy atom. The molecule has 1 amide bonds. The molecule has 1 aromatic carbocycles. The lowest BCUT2D eigenvalue weighted by Gasteiger charge is -2.06. The van der Waals surface area contributed by atoms with E-state index in [2.05, 4.69) is 0 Å². The van der Waals surface area contributed by atoms with Gasteiger partial charge in [0, 0.05) is 0 Å². The van der Waals surface area contributed by atoms with Crippen LogP contribution in [-0.2, 0) is 0 Å². The number of rotatable bonds is 2. The molecule has 0 aliphatic carbocycles. The SMILES string of the molecule is NNC(=O)c1cc(Cl)c(Cl)cc1C(=O)O. The van der Waals surface area contributed by atoms with Crippen LogP contribution in [0.4, 0.5) is 0 Å². The van der Waals surface area contributed by atoms with E-state index in [-0.39, 0.29) is 21.2 Å². The summed E-state index contributed by atoms with van der Waals surface area (Å²) < 4.78 is 0. The standard InChI is InChI=1S/C8H6Cl2N2O3/c9-5-1-3(7(13)12-11)4(8(14)15)2-6(5)10/h1-2H,11H2,(H,12,13)(H,14,15). The molecule has 0 spiro atoms. The molecule has 0 fully saturated rings. The molecule has 0 aliphatic heterocycles. The molecular weight excluding hydrogens is 243 g/mol. The van der Waals surface area contributed by atoms with Crippen molar-refractivity contribution < 1.29 is 14.7 Å². The van der Waals surface area contributed by atoms with Crippen LogP contribution in [0.25, 0.3) is 0 Å². The zero-order chi connectivity index (χ0) is 11.6. The minimum absolute atomic E-state index is 0.0580. The maximum atomic E-state index is 11.2. The topological polar surface area (TPSA) is 92.4 Å². The summed E-state index contributed by atoms with van der Waals surface area (Å²) in [6.45, 7) is 0. The number of carboxylic acid groups (broad SMARTS) is 1. The highest BCUT2D eigenvalue weighted by Crippen LogP contribution is 2.26. The lowest BCUT2D eigenvalue weighted by atomic mass is 10.1. The molecule has 15 heavy (non-hydrogen) atoms. The Kier molecular flexibility index (Phi) is 3.52. The van der Waals surface area contributed by atoms with Gasteiger partial charge in [0.05, 0.1) is 21.2 Å². The molecule has 0 aromatic heterocycles. The predicted molar refractivity (Wildman–Crippen MR) is 55.1 cm³/mol. The minimum Gasteiger partial charge on any atom is -0.478 e. The van der Waals surface area contributed by atoms with Crippen LogP contribution < -0.4 is 11.3 Å². The number of benzene rings is 1. The van der Waals surface area contributed by atoms with Crippen LogP contribution in [-0.4, -0.2) is 17.0 Å². The molecule has 0 saturated carbocycles. The van der Waals surface area contributed by atoms with E-state index in [4.69, 9.17) is 34.2 Å². The number of amides is 1. The number of aromatic carboxylic acids is 1. The highest BCUT2D eigenvalue weighted by molar-refractivity contribution is 6.42. The fourth-order valence-corrected chi connectivity index (χ4v) is 1.32. The molecule has 1 rings (SSSR count). The van der Waals surface area contributed by atoms with Crippen molar-refractivity contribution in [3.05, 3.63) is 33.3 Å². The van der Waals surface area contributed by atoms with Crippen molar-refractivity contribution in [2.24, 2.45) is 5.84 Å². The summed E-state index contributed by atoms with van der Waals surface area (Å²) in [6, 6.07) is 2.24. The van der Waals surface area contributed by atoms with Crippen molar-refractivity contribution in [1.82, 2.24) is 5.43 Å². The van der Waals surface area contributed by atoms with Gasteiger partial charge in [-0.3, -0.25) is 10.2 Å². The van der Waals surface area contributed by atoms with E-state index >= 15 is 0 Å². The number of carbonyl (C=O) groups excluding carboxylic acids is 1. The zero-order valence-electron chi connectivity index (χ0n) is 7.25. The molecule has 0 atom stereocenters. The Balaban J connectivity index is 3.41. The largest absolute Gasteiger partial charge is 0.478 e. The fourth-order valence-electron chi connectivity index (χ4n) is 0.989. The predicted octanol–water partition coefficient (Wildman–Crippen LogP) is 1.30. The molecule has 1 aromatic rings. The number of nitrogens with one attached hydrogen (secondary N) is 1. The number of nitrogen functional groups attached to an aromatic ring is 1. The molecule has 80 valence electrons. The average Bonchev–Trinajstić information content (AvgIpc) is 2.20. The summed E-state index contributed by atoms with van der Waals surface area (Å²) in [5.74, 6) is 2.86. The van der Waals surface area contributed by atoms with E-state index in [0.29, 0.717) is 0 Å². The quantitative estimate of drug-likeness (QED) is 0.418. The van der Waals surface area contributed by atoms with Crippen LogP contribution in [0.1, 0.15) is 20.7 Å². The Labute approximate surface area is 94.7 Å². The molecule has 4 N–H and O–H groups in total. The smallest absolute Gasteiger partial charge is 0.336 e. The summed E-state index contributed by atoms with van der Waals surface area (Å²) in [5.41, 5.74) is 1.42. The second-order valence-electron chi connectivity index (χ2n) is 2.59. The van der Waals surface area contributed by atoms with Gasteiger partial charge in [0.2, 0.25) is 0 Å². The van der Waals surface area contributed by atoms with Crippen molar-refractivity contribution in [2.45, 2.75) is 0 Å². The van der Waals surface area contributed by atoms with E-state index in [9.17, 15) is 9.59 Å². The van der Waals surface area contributed by atoms with Gasteiger partial charge in [0.25, 0.3) is 5.91 Å². The first-order valence-electron chi connectivity index (χ1n) is 3.70. The molecular formula is C8H6Cl2N2O3. The fraction of sp³-hybridized carbons (Fsp3) is 0. The lowest BCUT2D eigenvalue weighted by Crippen LogP contribution is -2.31. The van der Waals surface area contributed by atoms with Gasteiger partial charge in [-0.15, -0.1) is 0 Å². The first-order chi connectivity index (χ1) is 6.97. The van der Waals surface area contributed by atoms with Gasteiger partial charge < -0.3 is 5.11 Å². The molecule has 0 bridgehead atoms. The van der Waals surface area contributed by atoms with Gasteiger partial charge >= 0.3 is 5.97 Å². The number of carboxylic acids is 1. The van der Waals surface area contributed by atoms with Gasteiger partial charge in [-0.25, -0.2) is 10.6 Å². The normalized spacial score (nSPS) is 9.80. The number of carbonyl (C=O) groups is 2. The van der Waals surface area contributed by atoms with Crippen molar-refractivity contribution in [1.29, 1.82) is 0 Å². The first-order valence-corrected chi connectivity index (χ1v) is 4.46. The maximum Gasteiger partial charge on any atom is 0.336 e. The van der Waals surface area contributed by atoms with Crippen LogP contribution in [0, 0.1) is 0 Å². The first kappa shape index (κ1) is 11.8. The summed E-state index contributed by atoms with van der Waals surface area (Å²) in [6.07, 6.45) is 0. The monoisotopic (exact) mass is 248 g/mol. The molecule has 5 nitrogen and oxygen atoms in total. The zero-order valence-corrected chi connectivity index (χ0v) is 8.76. The average molecular weight is 249 g/mol. The van der Waals surface area contributed by atoms with Crippen LogP contribution in [0.15, 0.2) is 12.1 Å². The number of nitrogens with two attached hydrogens (primary N) is 1. The second-order valence-corrected chi connectivity index (χ2v) is 3.40. The summed E-state index contributed by atoms with van der Waals surface area (Å²) >= 11 is 11.3. The Morgan fingerprint density at radius 2 is 1.67 bits per heavy atom. The van der Waals surface area contributed by atoms with Gasteiger partial charge in [0.15, 0.2) is 0 Å². The number of hydrogen-bond donors (Lipinski definition) is 3.